The number of allylic oxidation sites excluding steroid dienone is 2. The second-order valence-corrected chi connectivity index (χ2v) is 4.17. The van der Waals surface area contributed by atoms with Crippen LogP contribution in [0.3, 0.4) is 0 Å². The van der Waals surface area contributed by atoms with Crippen LogP contribution in [0.1, 0.15) is 0 Å². The molecule has 90 valence electrons. The number of nitrogens with zero attached hydrogens (tertiary/aromatic N) is 2. The Morgan fingerprint density at radius 1 is 1.50 bits per heavy atom. The number of alkyl halides is 3. The van der Waals surface area contributed by atoms with Gasteiger partial charge in [-0.3, -0.25) is 0 Å². The Bertz CT molecular complexity index is 391. The molecule has 16 heavy (non-hydrogen) atoms. The summed E-state index contributed by atoms with van der Waals surface area (Å²) in [5.74, 6) is 0.101. The van der Waals surface area contributed by atoms with Crippen molar-refractivity contribution in [3.63, 3.8) is 0 Å². The average Bonchev–Trinajstić information content (AvgIpc) is 2.40. The van der Waals surface area contributed by atoms with Crippen LogP contribution in [0.4, 0.5) is 13.2 Å². The number of amidine groups is 1. The smallest absolute Gasteiger partial charge is 0.361 e. The van der Waals surface area contributed by atoms with Gasteiger partial charge in [0.15, 0.2) is 0 Å². The highest BCUT2D eigenvalue weighted by molar-refractivity contribution is 9.11. The normalized spacial score (nSPS) is 28.2. The number of fused-ring (bicyclic) bond motifs is 1. The fourth-order valence-corrected chi connectivity index (χ4v) is 1.66. The molecule has 2 rings (SSSR count). The Kier molecular flexibility index (Phi) is 3.56. The zero-order valence-electron chi connectivity index (χ0n) is 7.70. The van der Waals surface area contributed by atoms with Gasteiger partial charge in [0.1, 0.15) is 5.84 Å². The monoisotopic (exact) mass is 362 g/mol. The van der Waals surface area contributed by atoms with Crippen LogP contribution in [0.15, 0.2) is 27.8 Å². The second-order valence-electron chi connectivity index (χ2n) is 3.26. The van der Waals surface area contributed by atoms with E-state index in [1.807, 2.05) is 0 Å². The Labute approximate surface area is 108 Å². The summed E-state index contributed by atoms with van der Waals surface area (Å²) in [6.45, 7) is -0.598. The summed E-state index contributed by atoms with van der Waals surface area (Å²) in [4.78, 5) is 4.53. The third-order valence-electron chi connectivity index (χ3n) is 2.12. The van der Waals surface area contributed by atoms with Crippen molar-refractivity contribution >= 4 is 38.7 Å². The molecule has 0 aromatic heterocycles. The van der Waals surface area contributed by atoms with Crippen LogP contribution in [-0.4, -0.2) is 34.3 Å². The van der Waals surface area contributed by atoms with Crippen molar-refractivity contribution in [1.29, 1.82) is 0 Å². The predicted octanol–water partition coefficient (Wildman–Crippen LogP) is 2.34. The van der Waals surface area contributed by atoms with E-state index in [4.69, 9.17) is 0 Å². The molecule has 1 unspecified atom stereocenters. The van der Waals surface area contributed by atoms with E-state index in [0.29, 0.717) is 4.48 Å². The average molecular weight is 364 g/mol. The van der Waals surface area contributed by atoms with Crippen LogP contribution in [0, 0.1) is 0 Å². The lowest BCUT2D eigenvalue weighted by molar-refractivity contribution is -0.253. The molecule has 2 aliphatic rings. The zero-order valence-corrected chi connectivity index (χ0v) is 11.0. The van der Waals surface area contributed by atoms with Crippen molar-refractivity contribution < 1.29 is 18.3 Å². The van der Waals surface area contributed by atoms with Crippen molar-refractivity contribution in [3.05, 3.63) is 22.8 Å². The van der Waals surface area contributed by atoms with Gasteiger partial charge in [0.05, 0.1) is 6.54 Å². The third-order valence-corrected chi connectivity index (χ3v) is 2.61. The van der Waals surface area contributed by atoms with Gasteiger partial charge in [-0.1, -0.05) is 15.9 Å². The molecule has 0 saturated heterocycles. The van der Waals surface area contributed by atoms with Gasteiger partial charge in [-0.15, -0.1) is 17.0 Å². The van der Waals surface area contributed by atoms with E-state index in [2.05, 4.69) is 20.9 Å². The molecular formula is C8H7Br2F3N2O. The molecule has 0 fully saturated rings. The van der Waals surface area contributed by atoms with Crippen molar-refractivity contribution in [1.82, 2.24) is 4.90 Å². The fourth-order valence-electron chi connectivity index (χ4n) is 1.34. The van der Waals surface area contributed by atoms with Gasteiger partial charge in [0.25, 0.3) is 5.72 Å². The number of aliphatic hydroxyl groups is 1. The minimum absolute atomic E-state index is 0. The molecule has 2 aliphatic heterocycles. The van der Waals surface area contributed by atoms with E-state index in [9.17, 15) is 18.3 Å². The summed E-state index contributed by atoms with van der Waals surface area (Å²) < 4.78 is 37.9. The summed E-state index contributed by atoms with van der Waals surface area (Å²) in [6, 6.07) is 0. The number of halogens is 5. The fraction of sp³-hybridized carbons (Fsp3) is 0.375. The predicted molar refractivity (Wildman–Crippen MR) is 61.6 cm³/mol. The Morgan fingerprint density at radius 2 is 2.12 bits per heavy atom. The Balaban J connectivity index is 0.00000128. The highest BCUT2D eigenvalue weighted by Crippen LogP contribution is 2.37. The second kappa shape index (κ2) is 4.15. The lowest BCUT2D eigenvalue weighted by Gasteiger charge is -2.23. The van der Waals surface area contributed by atoms with E-state index in [1.54, 1.807) is 6.08 Å². The maximum absolute atomic E-state index is 12.4. The van der Waals surface area contributed by atoms with E-state index in [-0.39, 0.29) is 22.8 Å². The maximum atomic E-state index is 12.4. The molecule has 0 aromatic carbocycles. The molecule has 0 spiro atoms. The SMILES string of the molecule is Br.OC1(C(F)(F)F)CN2C=CC(Br)=CC2=N1. The highest BCUT2D eigenvalue weighted by atomic mass is 79.9. The minimum atomic E-state index is -4.76. The number of rotatable bonds is 0. The topological polar surface area (TPSA) is 35.8 Å². The molecule has 2 heterocycles. The maximum Gasteiger partial charge on any atom is 0.440 e. The highest BCUT2D eigenvalue weighted by Gasteiger charge is 2.58. The number of aliphatic imine (C=N–C) groups is 1. The van der Waals surface area contributed by atoms with Gasteiger partial charge >= 0.3 is 6.18 Å². The molecule has 3 nitrogen and oxygen atoms in total. The first-order valence-corrected chi connectivity index (χ1v) is 4.82. The van der Waals surface area contributed by atoms with Crippen molar-refractivity contribution in [2.24, 2.45) is 4.99 Å². The summed E-state index contributed by atoms with van der Waals surface area (Å²) in [5, 5.41) is 9.31. The molecule has 0 aliphatic carbocycles. The minimum Gasteiger partial charge on any atom is -0.361 e. The molecule has 0 bridgehead atoms. The molecule has 0 saturated carbocycles. The molecule has 8 heteroatoms. The van der Waals surface area contributed by atoms with Crippen molar-refractivity contribution in [2.45, 2.75) is 11.9 Å². The van der Waals surface area contributed by atoms with Gasteiger partial charge < -0.3 is 10.0 Å². The first-order valence-electron chi connectivity index (χ1n) is 4.03. The van der Waals surface area contributed by atoms with E-state index < -0.39 is 18.4 Å². The summed E-state index contributed by atoms with van der Waals surface area (Å²) >= 11 is 3.12. The number of hydrogen-bond donors (Lipinski definition) is 1. The first kappa shape index (κ1) is 13.7. The Morgan fingerprint density at radius 3 is 2.69 bits per heavy atom. The number of hydrogen-bond acceptors (Lipinski definition) is 3. The quantitative estimate of drug-likeness (QED) is 0.717. The summed E-state index contributed by atoms with van der Waals surface area (Å²) in [6.07, 6.45) is -0.317. The van der Waals surface area contributed by atoms with Crippen LogP contribution in [0.2, 0.25) is 0 Å². The third kappa shape index (κ3) is 2.18. The molecule has 0 aromatic rings. The Hall–Kier alpha value is -0.340. The van der Waals surface area contributed by atoms with E-state index in [1.165, 1.54) is 17.2 Å². The lowest BCUT2D eigenvalue weighted by atomic mass is 10.2. The van der Waals surface area contributed by atoms with Gasteiger partial charge in [-0.05, 0) is 12.2 Å². The van der Waals surface area contributed by atoms with Crippen LogP contribution in [0.25, 0.3) is 0 Å². The first-order chi connectivity index (χ1) is 6.82. The zero-order chi connectivity index (χ0) is 11.3. The molecule has 1 atom stereocenters. The standard InChI is InChI=1S/C8H6BrF3N2O.BrH/c9-5-1-2-14-4-7(15,8(10,11)12)13-6(14)3-5;/h1-3,15H,4H2;1H. The molecule has 1 N–H and O–H groups in total. The molecule has 0 amide bonds. The van der Waals surface area contributed by atoms with Crippen LogP contribution in [-0.2, 0) is 0 Å². The van der Waals surface area contributed by atoms with Gasteiger partial charge in [0, 0.05) is 10.7 Å². The van der Waals surface area contributed by atoms with Crippen LogP contribution in [0.5, 0.6) is 0 Å². The van der Waals surface area contributed by atoms with E-state index in [0.717, 1.165) is 0 Å². The van der Waals surface area contributed by atoms with Crippen LogP contribution >= 0.6 is 32.9 Å². The summed E-state index contributed by atoms with van der Waals surface area (Å²) in [5.41, 5.74) is -3.00. The van der Waals surface area contributed by atoms with E-state index >= 15 is 0 Å². The molecular weight excluding hydrogens is 357 g/mol. The lowest BCUT2D eigenvalue weighted by Crippen LogP contribution is -2.46. The van der Waals surface area contributed by atoms with Gasteiger partial charge in [-0.2, -0.15) is 13.2 Å². The summed E-state index contributed by atoms with van der Waals surface area (Å²) in [7, 11) is 0. The molecule has 0 radical (unpaired) electrons. The van der Waals surface area contributed by atoms with Crippen LogP contribution < -0.4 is 0 Å². The largest absolute Gasteiger partial charge is 0.440 e. The van der Waals surface area contributed by atoms with Gasteiger partial charge in [0.2, 0.25) is 0 Å². The van der Waals surface area contributed by atoms with Crippen molar-refractivity contribution in [3.8, 4) is 0 Å². The van der Waals surface area contributed by atoms with Gasteiger partial charge in [-0.25, -0.2) is 4.99 Å². The van der Waals surface area contributed by atoms with Crippen molar-refractivity contribution in [2.75, 3.05) is 6.54 Å².